The van der Waals surface area contributed by atoms with Crippen LogP contribution in [0.3, 0.4) is 0 Å². The Morgan fingerprint density at radius 3 is 2.57 bits per heavy atom. The third-order valence-electron chi connectivity index (χ3n) is 5.80. The molecule has 1 aromatic heterocycles. The predicted molar refractivity (Wildman–Crippen MR) is 88.8 cm³/mol. The van der Waals surface area contributed by atoms with Crippen LogP contribution in [0.15, 0.2) is 24.5 Å². The molecule has 3 heterocycles. The third-order valence-corrected chi connectivity index (χ3v) is 5.80. The van der Waals surface area contributed by atoms with Gasteiger partial charge in [0, 0.05) is 24.3 Å². The first-order valence-corrected chi connectivity index (χ1v) is 8.62. The van der Waals surface area contributed by atoms with Crippen LogP contribution in [0, 0.1) is 19.7 Å². The van der Waals surface area contributed by atoms with Crippen molar-refractivity contribution in [1.29, 1.82) is 0 Å². The van der Waals surface area contributed by atoms with Crippen LogP contribution in [-0.4, -0.2) is 27.0 Å². The number of nitrogens with one attached hydrogen (secondary N) is 1. The standard InChI is InChI=1S/C19H24FN3/c1-12-7-14(3-6-18(12)20)15-8-16-4-5-17(9-15)23(16)10-19-13(2)21-11-22-19/h3,6-7,11,15-17H,4-5,8-10H2,1-2H3,(H,21,22)/t15?,16-,17+. The molecule has 1 aromatic carbocycles. The molecular weight excluding hydrogens is 289 g/mol. The second-order valence-corrected chi connectivity index (χ2v) is 7.21. The number of rotatable bonds is 3. The van der Waals surface area contributed by atoms with Gasteiger partial charge < -0.3 is 4.98 Å². The van der Waals surface area contributed by atoms with Crippen molar-refractivity contribution >= 4 is 0 Å². The molecule has 4 rings (SSSR count). The maximum Gasteiger partial charge on any atom is 0.126 e. The molecule has 1 N–H and O–H groups in total. The van der Waals surface area contributed by atoms with Gasteiger partial charge in [0.25, 0.3) is 0 Å². The quantitative estimate of drug-likeness (QED) is 0.926. The van der Waals surface area contributed by atoms with Crippen molar-refractivity contribution in [1.82, 2.24) is 14.9 Å². The Hall–Kier alpha value is -1.68. The monoisotopic (exact) mass is 313 g/mol. The number of aromatic nitrogens is 2. The number of benzene rings is 1. The van der Waals surface area contributed by atoms with Gasteiger partial charge in [-0.25, -0.2) is 9.37 Å². The molecular formula is C19H24FN3. The van der Waals surface area contributed by atoms with Gasteiger partial charge in [-0.05, 0) is 62.6 Å². The first-order chi connectivity index (χ1) is 11.1. The fraction of sp³-hybridized carbons (Fsp3) is 0.526. The molecule has 0 radical (unpaired) electrons. The number of H-pyrrole nitrogens is 1. The van der Waals surface area contributed by atoms with Crippen LogP contribution in [0.2, 0.25) is 0 Å². The van der Waals surface area contributed by atoms with Crippen molar-refractivity contribution in [2.75, 3.05) is 0 Å². The summed E-state index contributed by atoms with van der Waals surface area (Å²) >= 11 is 0. The molecule has 0 aliphatic carbocycles. The highest BCUT2D eigenvalue weighted by atomic mass is 19.1. The topological polar surface area (TPSA) is 31.9 Å². The predicted octanol–water partition coefficient (Wildman–Crippen LogP) is 4.08. The average Bonchev–Trinajstić information content (AvgIpc) is 3.03. The number of piperidine rings is 1. The number of fused-ring (bicyclic) bond motifs is 2. The number of hydrogen-bond acceptors (Lipinski definition) is 2. The summed E-state index contributed by atoms with van der Waals surface area (Å²) in [5.74, 6) is 0.478. The molecule has 2 bridgehead atoms. The zero-order chi connectivity index (χ0) is 16.0. The van der Waals surface area contributed by atoms with Crippen molar-refractivity contribution < 1.29 is 4.39 Å². The maximum absolute atomic E-state index is 13.5. The summed E-state index contributed by atoms with van der Waals surface area (Å²) in [5.41, 5.74) is 4.44. The lowest BCUT2D eigenvalue weighted by atomic mass is 9.84. The SMILES string of the molecule is Cc1cc(C2C[C@H]3CC[C@@H](C2)N3Cc2nc[nH]c2C)ccc1F. The van der Waals surface area contributed by atoms with Gasteiger partial charge >= 0.3 is 0 Å². The zero-order valence-corrected chi connectivity index (χ0v) is 13.8. The highest BCUT2D eigenvalue weighted by Crippen LogP contribution is 2.43. The molecule has 4 heteroatoms. The summed E-state index contributed by atoms with van der Waals surface area (Å²) in [6.07, 6.45) is 6.73. The second kappa shape index (κ2) is 5.75. The molecule has 2 aliphatic heterocycles. The number of halogens is 1. The van der Waals surface area contributed by atoms with Crippen molar-refractivity contribution in [3.63, 3.8) is 0 Å². The number of nitrogens with zero attached hydrogens (tertiary/aromatic N) is 2. The lowest BCUT2D eigenvalue weighted by Gasteiger charge is -2.39. The average molecular weight is 313 g/mol. The lowest BCUT2D eigenvalue weighted by molar-refractivity contribution is 0.117. The van der Waals surface area contributed by atoms with Gasteiger partial charge in [-0.15, -0.1) is 0 Å². The number of hydrogen-bond donors (Lipinski definition) is 1. The van der Waals surface area contributed by atoms with Gasteiger partial charge in [-0.3, -0.25) is 4.90 Å². The zero-order valence-electron chi connectivity index (χ0n) is 13.8. The van der Waals surface area contributed by atoms with E-state index in [1.54, 1.807) is 12.4 Å². The normalized spacial score (nSPS) is 27.5. The Morgan fingerprint density at radius 1 is 1.22 bits per heavy atom. The van der Waals surface area contributed by atoms with E-state index in [1.807, 2.05) is 19.1 Å². The minimum absolute atomic E-state index is 0.0943. The second-order valence-electron chi connectivity index (χ2n) is 7.21. The summed E-state index contributed by atoms with van der Waals surface area (Å²) in [6, 6.07) is 6.94. The molecule has 122 valence electrons. The van der Waals surface area contributed by atoms with Gasteiger partial charge in [0.2, 0.25) is 0 Å². The third kappa shape index (κ3) is 2.69. The Labute approximate surface area is 136 Å². The van der Waals surface area contributed by atoms with Crippen molar-refractivity contribution in [3.05, 3.63) is 52.9 Å². The van der Waals surface area contributed by atoms with E-state index in [4.69, 9.17) is 0 Å². The minimum atomic E-state index is -0.0943. The highest BCUT2D eigenvalue weighted by Gasteiger charge is 2.41. The molecule has 2 saturated heterocycles. The molecule has 0 spiro atoms. The van der Waals surface area contributed by atoms with Gasteiger partial charge in [0.15, 0.2) is 0 Å². The summed E-state index contributed by atoms with van der Waals surface area (Å²) in [6.45, 7) is 4.92. The van der Waals surface area contributed by atoms with Crippen LogP contribution >= 0.6 is 0 Å². The van der Waals surface area contributed by atoms with Crippen LogP contribution in [0.1, 0.15) is 54.1 Å². The smallest absolute Gasteiger partial charge is 0.126 e. The Balaban J connectivity index is 1.51. The van der Waals surface area contributed by atoms with Crippen LogP contribution in [0.5, 0.6) is 0 Å². The van der Waals surface area contributed by atoms with Crippen LogP contribution in [0.25, 0.3) is 0 Å². The lowest BCUT2D eigenvalue weighted by Crippen LogP contribution is -2.41. The summed E-state index contributed by atoms with van der Waals surface area (Å²) in [5, 5.41) is 0. The molecule has 2 aromatic rings. The largest absolute Gasteiger partial charge is 0.348 e. The minimum Gasteiger partial charge on any atom is -0.348 e. The fourth-order valence-corrected chi connectivity index (χ4v) is 4.45. The van der Waals surface area contributed by atoms with E-state index in [1.165, 1.54) is 42.6 Å². The van der Waals surface area contributed by atoms with E-state index in [2.05, 4.69) is 21.8 Å². The van der Waals surface area contributed by atoms with Gasteiger partial charge in [-0.2, -0.15) is 0 Å². The molecule has 0 saturated carbocycles. The van der Waals surface area contributed by atoms with E-state index in [-0.39, 0.29) is 5.82 Å². The van der Waals surface area contributed by atoms with Gasteiger partial charge in [0.1, 0.15) is 5.82 Å². The Morgan fingerprint density at radius 2 is 1.96 bits per heavy atom. The first kappa shape index (κ1) is 14.9. The van der Waals surface area contributed by atoms with Crippen molar-refractivity contribution in [3.8, 4) is 0 Å². The van der Waals surface area contributed by atoms with E-state index < -0.39 is 0 Å². The summed E-state index contributed by atoms with van der Waals surface area (Å²) in [7, 11) is 0. The molecule has 3 nitrogen and oxygen atoms in total. The Kier molecular flexibility index (Phi) is 3.72. The van der Waals surface area contributed by atoms with Gasteiger partial charge in [0.05, 0.1) is 12.0 Å². The van der Waals surface area contributed by atoms with E-state index in [0.717, 1.165) is 12.1 Å². The Bertz CT molecular complexity index is 694. The number of imidazole rings is 1. The van der Waals surface area contributed by atoms with E-state index >= 15 is 0 Å². The summed E-state index contributed by atoms with van der Waals surface area (Å²) in [4.78, 5) is 10.3. The van der Waals surface area contributed by atoms with Gasteiger partial charge in [-0.1, -0.05) is 12.1 Å². The molecule has 1 unspecified atom stereocenters. The fourth-order valence-electron chi connectivity index (χ4n) is 4.45. The number of aromatic amines is 1. The first-order valence-electron chi connectivity index (χ1n) is 8.62. The molecule has 2 fully saturated rings. The van der Waals surface area contributed by atoms with Crippen LogP contribution in [-0.2, 0) is 6.54 Å². The van der Waals surface area contributed by atoms with Crippen LogP contribution < -0.4 is 0 Å². The van der Waals surface area contributed by atoms with E-state index in [0.29, 0.717) is 18.0 Å². The molecule has 23 heavy (non-hydrogen) atoms. The van der Waals surface area contributed by atoms with Crippen LogP contribution in [0.4, 0.5) is 4.39 Å². The van der Waals surface area contributed by atoms with Crippen molar-refractivity contribution in [2.24, 2.45) is 0 Å². The van der Waals surface area contributed by atoms with E-state index in [9.17, 15) is 4.39 Å². The molecule has 2 aliphatic rings. The molecule has 0 amide bonds. The summed E-state index contributed by atoms with van der Waals surface area (Å²) < 4.78 is 13.5. The highest BCUT2D eigenvalue weighted by molar-refractivity contribution is 5.28. The number of aryl methyl sites for hydroxylation is 2. The molecule has 3 atom stereocenters. The van der Waals surface area contributed by atoms with Crippen molar-refractivity contribution in [2.45, 2.75) is 64.1 Å². The maximum atomic E-state index is 13.5.